The van der Waals surface area contributed by atoms with Gasteiger partial charge in [0.1, 0.15) is 0 Å². The molecule has 0 spiro atoms. The van der Waals surface area contributed by atoms with Gasteiger partial charge in [0.2, 0.25) is 0 Å². The molecule has 0 atom stereocenters. The van der Waals surface area contributed by atoms with Gasteiger partial charge in [-0.05, 0) is 61.4 Å². The molecule has 2 heterocycles. The van der Waals surface area contributed by atoms with Crippen molar-refractivity contribution in [3.63, 3.8) is 0 Å². The van der Waals surface area contributed by atoms with Crippen LogP contribution in [0.3, 0.4) is 0 Å². The number of allylic oxidation sites excluding steroid dienone is 2. The molecule has 1 aliphatic carbocycles. The molecule has 0 amide bonds. The molecule has 2 N–H and O–H groups in total. The molecule has 4 aromatic rings. The molecule has 41 heavy (non-hydrogen) atoms. The molecule has 0 bridgehead atoms. The normalized spacial score (nSPS) is 17.6. The number of aryl methyl sites for hydroxylation is 2. The fraction of sp³-hybridized carbons (Fsp3) is 0.172. The Kier molecular flexibility index (Phi) is 7.56. The van der Waals surface area contributed by atoms with Crippen LogP contribution >= 0.6 is 22.7 Å². The first-order valence-electron chi connectivity index (χ1n) is 12.2. The molecule has 4 nitrogen and oxygen atoms in total. The van der Waals surface area contributed by atoms with Crippen LogP contribution < -0.4 is 10.9 Å². The van der Waals surface area contributed by atoms with Crippen molar-refractivity contribution in [3.8, 4) is 0 Å². The van der Waals surface area contributed by atoms with Gasteiger partial charge in [0, 0.05) is 30.7 Å². The Hall–Kier alpha value is -3.90. The monoisotopic (exact) mass is 604 g/mol. The molecule has 0 saturated carbocycles. The van der Waals surface area contributed by atoms with Crippen molar-refractivity contribution in [1.82, 2.24) is 0 Å². The van der Waals surface area contributed by atoms with Crippen LogP contribution in [-0.2, 0) is 0 Å². The lowest BCUT2D eigenvalue weighted by Gasteiger charge is -2.25. The second kappa shape index (κ2) is 10.8. The summed E-state index contributed by atoms with van der Waals surface area (Å²) in [6.45, 7) is 2.84. The smallest absolute Gasteiger partial charge is 0.278 e. The second-order valence-electron chi connectivity index (χ2n) is 9.18. The average Bonchev–Trinajstić information content (AvgIpc) is 3.51. The van der Waals surface area contributed by atoms with E-state index in [1.807, 2.05) is 12.1 Å². The van der Waals surface area contributed by atoms with Crippen LogP contribution in [0.1, 0.15) is 30.6 Å². The SMILES string of the molecule is Cc1sc(/C=N/Nc2ccccc2)cc1C1=C(c2cc(/C=N/Nc3ccccc3)sc2C)C(F)(F)C(F)(F)C1(F)F. The van der Waals surface area contributed by atoms with Gasteiger partial charge in [-0.2, -0.15) is 36.5 Å². The number of nitrogens with one attached hydrogen (secondary N) is 2. The summed E-state index contributed by atoms with van der Waals surface area (Å²) in [7, 11) is 0. The van der Waals surface area contributed by atoms with E-state index in [1.165, 1.54) is 38.4 Å². The summed E-state index contributed by atoms with van der Waals surface area (Å²) in [5, 5.41) is 8.10. The number of nitrogens with zero attached hydrogens (tertiary/aromatic N) is 2. The van der Waals surface area contributed by atoms with Crippen LogP contribution in [-0.4, -0.2) is 30.2 Å². The highest BCUT2D eigenvalue weighted by molar-refractivity contribution is 7.14. The summed E-state index contributed by atoms with van der Waals surface area (Å²) in [5.74, 6) is -15.9. The molecule has 12 heteroatoms. The van der Waals surface area contributed by atoms with Gasteiger partial charge in [-0.3, -0.25) is 10.9 Å². The van der Waals surface area contributed by atoms with Gasteiger partial charge < -0.3 is 0 Å². The van der Waals surface area contributed by atoms with Gasteiger partial charge in [-0.15, -0.1) is 22.7 Å². The lowest BCUT2D eigenvalue weighted by Crippen LogP contribution is -2.48. The van der Waals surface area contributed by atoms with Gasteiger partial charge in [0.05, 0.1) is 23.8 Å². The Labute approximate surface area is 239 Å². The number of hydrazone groups is 2. The van der Waals surface area contributed by atoms with Crippen LogP contribution in [0.5, 0.6) is 0 Å². The highest BCUT2D eigenvalue weighted by Crippen LogP contribution is 2.65. The number of hydrogen-bond donors (Lipinski definition) is 2. The fourth-order valence-electron chi connectivity index (χ4n) is 4.43. The Morgan fingerprint density at radius 2 is 0.976 bits per heavy atom. The van der Waals surface area contributed by atoms with Gasteiger partial charge in [0.25, 0.3) is 0 Å². The number of alkyl halides is 6. The number of hydrogen-bond acceptors (Lipinski definition) is 6. The summed E-state index contributed by atoms with van der Waals surface area (Å²) >= 11 is 1.96. The van der Waals surface area contributed by atoms with Crippen molar-refractivity contribution in [2.75, 3.05) is 10.9 Å². The van der Waals surface area contributed by atoms with E-state index in [-0.39, 0.29) is 20.9 Å². The molecular weight excluding hydrogens is 582 g/mol. The summed E-state index contributed by atoms with van der Waals surface area (Å²) in [6, 6.07) is 20.1. The maximum Gasteiger partial charge on any atom is 0.380 e. The van der Waals surface area contributed by atoms with Crippen LogP contribution in [0, 0.1) is 13.8 Å². The van der Waals surface area contributed by atoms with E-state index in [1.54, 1.807) is 48.5 Å². The van der Waals surface area contributed by atoms with Crippen LogP contribution in [0.2, 0.25) is 0 Å². The highest BCUT2D eigenvalue weighted by Gasteiger charge is 2.80. The Morgan fingerprint density at radius 1 is 0.610 bits per heavy atom. The second-order valence-corrected chi connectivity index (χ2v) is 11.8. The minimum absolute atomic E-state index is 0.175. The van der Waals surface area contributed by atoms with E-state index in [2.05, 4.69) is 21.1 Å². The van der Waals surface area contributed by atoms with Gasteiger partial charge in [-0.1, -0.05) is 36.4 Å². The number of benzene rings is 2. The minimum Gasteiger partial charge on any atom is -0.278 e. The van der Waals surface area contributed by atoms with Crippen molar-refractivity contribution in [1.29, 1.82) is 0 Å². The minimum atomic E-state index is -5.64. The van der Waals surface area contributed by atoms with E-state index < -0.39 is 28.9 Å². The summed E-state index contributed by atoms with van der Waals surface area (Å²) in [5.41, 5.74) is 3.33. The third-order valence-corrected chi connectivity index (χ3v) is 8.37. The molecule has 212 valence electrons. The largest absolute Gasteiger partial charge is 0.380 e. The van der Waals surface area contributed by atoms with Crippen molar-refractivity contribution in [2.24, 2.45) is 10.2 Å². The van der Waals surface area contributed by atoms with E-state index >= 15 is 17.6 Å². The van der Waals surface area contributed by atoms with Crippen LogP contribution in [0.25, 0.3) is 11.1 Å². The summed E-state index contributed by atoms with van der Waals surface area (Å²) < 4.78 is 91.0. The van der Waals surface area contributed by atoms with Crippen LogP contribution in [0.4, 0.5) is 37.7 Å². The average molecular weight is 605 g/mol. The predicted molar refractivity (Wildman–Crippen MR) is 155 cm³/mol. The van der Waals surface area contributed by atoms with Crippen molar-refractivity contribution in [3.05, 3.63) is 103 Å². The number of rotatable bonds is 8. The van der Waals surface area contributed by atoms with E-state index in [9.17, 15) is 8.78 Å². The third-order valence-electron chi connectivity index (χ3n) is 6.40. The molecule has 0 fully saturated rings. The highest BCUT2D eigenvalue weighted by atomic mass is 32.1. The number of anilines is 2. The molecule has 0 unspecified atom stereocenters. The third kappa shape index (κ3) is 5.17. The van der Waals surface area contributed by atoms with E-state index in [4.69, 9.17) is 0 Å². The Balaban J connectivity index is 1.55. The number of halogens is 6. The predicted octanol–water partition coefficient (Wildman–Crippen LogP) is 9.15. The lowest BCUT2D eigenvalue weighted by molar-refractivity contribution is -0.254. The zero-order valence-corrected chi connectivity index (χ0v) is 23.2. The first kappa shape index (κ1) is 28.6. The first-order valence-corrected chi connectivity index (χ1v) is 13.9. The summed E-state index contributed by atoms with van der Waals surface area (Å²) in [6.07, 6.45) is 2.64. The number of thiophene rings is 2. The Bertz CT molecular complexity index is 1520. The molecule has 0 saturated heterocycles. The van der Waals surface area contributed by atoms with Crippen LogP contribution in [0.15, 0.2) is 83.0 Å². The molecule has 2 aromatic heterocycles. The zero-order chi connectivity index (χ0) is 29.4. The molecule has 0 aliphatic heterocycles. The molecule has 0 radical (unpaired) electrons. The van der Waals surface area contributed by atoms with Gasteiger partial charge in [0.15, 0.2) is 0 Å². The van der Waals surface area contributed by atoms with Crippen molar-refractivity contribution in [2.45, 2.75) is 31.6 Å². The summed E-state index contributed by atoms with van der Waals surface area (Å²) in [4.78, 5) is 0.995. The maximum absolute atomic E-state index is 15.3. The van der Waals surface area contributed by atoms with E-state index in [0.717, 1.165) is 22.7 Å². The molecule has 5 rings (SSSR count). The molecule has 1 aliphatic rings. The lowest BCUT2D eigenvalue weighted by atomic mass is 9.95. The van der Waals surface area contributed by atoms with E-state index in [0.29, 0.717) is 21.1 Å². The van der Waals surface area contributed by atoms with Gasteiger partial charge >= 0.3 is 17.8 Å². The molecule has 2 aromatic carbocycles. The Morgan fingerprint density at radius 3 is 1.34 bits per heavy atom. The standard InChI is InChI=1S/C29H22F6N4S2/c1-17-23(13-21(40-17)15-36-38-19-9-5-3-6-10-19)25-26(28(32,33)29(34,35)27(25,30)31)24-14-22(41-18(24)2)16-37-39-20-11-7-4-8-12-20/h3-16,38-39H,1-2H3/b36-15+,37-16+. The fourth-order valence-corrected chi connectivity index (χ4v) is 6.25. The molecular formula is C29H22F6N4S2. The zero-order valence-electron chi connectivity index (χ0n) is 21.6. The van der Waals surface area contributed by atoms with Crippen molar-refractivity contribution >= 4 is 57.6 Å². The number of para-hydroxylation sites is 2. The topological polar surface area (TPSA) is 48.8 Å². The quantitative estimate of drug-likeness (QED) is 0.120. The maximum atomic E-state index is 15.3. The van der Waals surface area contributed by atoms with Gasteiger partial charge in [-0.25, -0.2) is 0 Å². The van der Waals surface area contributed by atoms with Crippen molar-refractivity contribution < 1.29 is 26.3 Å². The first-order chi connectivity index (χ1) is 19.4.